The van der Waals surface area contributed by atoms with Gasteiger partial charge >= 0.3 is 0 Å². The molecule has 0 spiro atoms. The van der Waals surface area contributed by atoms with E-state index in [1.165, 1.54) is 24.6 Å². The molecule has 0 bridgehead atoms. The van der Waals surface area contributed by atoms with E-state index in [1.54, 1.807) is 12.3 Å². The average molecular weight is 436 g/mol. The number of rotatable bonds is 5. The van der Waals surface area contributed by atoms with Crippen LogP contribution in [-0.2, 0) is 6.54 Å². The Kier molecular flexibility index (Phi) is 5.87. The first kappa shape index (κ1) is 21.0. The van der Waals surface area contributed by atoms with Crippen molar-refractivity contribution in [3.05, 3.63) is 65.6 Å². The highest BCUT2D eigenvalue weighted by molar-refractivity contribution is 6.07. The predicted octanol–water partition coefficient (Wildman–Crippen LogP) is 4.46. The molecule has 6 heteroatoms. The number of benzene rings is 2. The largest absolute Gasteiger partial charge is 0.391 e. The Bertz CT molecular complexity index is 1100. The van der Waals surface area contributed by atoms with Crippen LogP contribution in [0.4, 0.5) is 10.1 Å². The van der Waals surface area contributed by atoms with Crippen LogP contribution in [0.25, 0.3) is 10.9 Å². The van der Waals surface area contributed by atoms with E-state index in [9.17, 15) is 14.3 Å². The molecule has 2 N–H and O–H groups in total. The molecule has 2 atom stereocenters. The van der Waals surface area contributed by atoms with Crippen molar-refractivity contribution in [2.24, 2.45) is 0 Å². The summed E-state index contributed by atoms with van der Waals surface area (Å²) in [6.07, 6.45) is 7.07. The van der Waals surface area contributed by atoms with Gasteiger partial charge in [0.2, 0.25) is 0 Å². The number of carbonyl (C=O) groups excluding carboxylic acids is 1. The average Bonchev–Trinajstić information content (AvgIpc) is 3.46. The summed E-state index contributed by atoms with van der Waals surface area (Å²) < 4.78 is 16.7. The van der Waals surface area contributed by atoms with Crippen LogP contribution in [0, 0.1) is 5.82 Å². The zero-order valence-corrected chi connectivity index (χ0v) is 18.3. The lowest BCUT2D eigenvalue weighted by Crippen LogP contribution is -2.45. The first-order valence-corrected chi connectivity index (χ1v) is 11.7. The van der Waals surface area contributed by atoms with Gasteiger partial charge in [-0.2, -0.15) is 0 Å². The summed E-state index contributed by atoms with van der Waals surface area (Å²) in [5.74, 6) is -0.728. The lowest BCUT2D eigenvalue weighted by molar-refractivity contribution is 0.0718. The summed E-state index contributed by atoms with van der Waals surface area (Å²) in [5, 5.41) is 13.5. The second-order valence-electron chi connectivity index (χ2n) is 9.10. The maximum Gasteiger partial charge on any atom is 0.253 e. The number of nitrogens with one attached hydrogen (secondary N) is 1. The van der Waals surface area contributed by atoms with Gasteiger partial charge < -0.3 is 19.9 Å². The number of aliphatic hydroxyl groups is 1. The van der Waals surface area contributed by atoms with E-state index in [1.807, 2.05) is 10.6 Å². The van der Waals surface area contributed by atoms with Gasteiger partial charge in [0, 0.05) is 36.9 Å². The number of anilines is 1. The van der Waals surface area contributed by atoms with Gasteiger partial charge in [0.15, 0.2) is 0 Å². The quantitative estimate of drug-likeness (QED) is 0.622. The van der Waals surface area contributed by atoms with Crippen molar-refractivity contribution >= 4 is 22.5 Å². The molecule has 2 aliphatic rings. The van der Waals surface area contributed by atoms with Crippen LogP contribution >= 0.6 is 0 Å². The molecular weight excluding hydrogens is 405 g/mol. The number of aliphatic hydroxyl groups excluding tert-OH is 1. The van der Waals surface area contributed by atoms with Crippen LogP contribution in [0.2, 0.25) is 0 Å². The highest BCUT2D eigenvalue weighted by Gasteiger charge is 2.27. The van der Waals surface area contributed by atoms with E-state index >= 15 is 0 Å². The number of aromatic nitrogens is 1. The van der Waals surface area contributed by atoms with Crippen molar-refractivity contribution < 1.29 is 14.3 Å². The molecule has 1 aromatic heterocycles. The Morgan fingerprint density at radius 3 is 2.53 bits per heavy atom. The van der Waals surface area contributed by atoms with Crippen LogP contribution in [0.5, 0.6) is 0 Å². The second kappa shape index (κ2) is 8.94. The fourth-order valence-electron chi connectivity index (χ4n) is 5.12. The number of hydrogen-bond acceptors (Lipinski definition) is 3. The van der Waals surface area contributed by atoms with Crippen molar-refractivity contribution in [3.8, 4) is 0 Å². The first-order valence-electron chi connectivity index (χ1n) is 11.7. The van der Waals surface area contributed by atoms with Gasteiger partial charge in [0.1, 0.15) is 5.82 Å². The molecule has 2 fully saturated rings. The number of fused-ring (bicyclic) bond motifs is 1. The van der Waals surface area contributed by atoms with Crippen molar-refractivity contribution in [2.45, 2.75) is 57.2 Å². The van der Waals surface area contributed by atoms with Crippen molar-refractivity contribution in [3.63, 3.8) is 0 Å². The molecule has 2 heterocycles. The summed E-state index contributed by atoms with van der Waals surface area (Å²) in [6, 6.07) is 13.1. The van der Waals surface area contributed by atoms with Crippen LogP contribution in [-0.4, -0.2) is 40.8 Å². The summed E-state index contributed by atoms with van der Waals surface area (Å²) in [4.78, 5) is 15.5. The normalized spacial score (nSPS) is 21.2. The highest BCUT2D eigenvalue weighted by Crippen LogP contribution is 2.27. The monoisotopic (exact) mass is 435 g/mol. The van der Waals surface area contributed by atoms with E-state index < -0.39 is 11.9 Å². The molecule has 0 unspecified atom stereocenters. The minimum Gasteiger partial charge on any atom is -0.391 e. The summed E-state index contributed by atoms with van der Waals surface area (Å²) >= 11 is 0. The Hall–Kier alpha value is -2.86. The SMILES string of the molecule is O=C(N[C@H]1CCCC[C@@H]1O)c1cn(Cc2ccc(N3CCCC3)cc2)c2cccc(F)c12. The van der Waals surface area contributed by atoms with Crippen molar-refractivity contribution in [1.29, 1.82) is 0 Å². The molecule has 1 saturated carbocycles. The predicted molar refractivity (Wildman–Crippen MR) is 125 cm³/mol. The third kappa shape index (κ3) is 4.11. The summed E-state index contributed by atoms with van der Waals surface area (Å²) in [5.41, 5.74) is 3.36. The molecular formula is C26H30FN3O2. The van der Waals surface area contributed by atoms with Gasteiger partial charge in [-0.1, -0.05) is 31.0 Å². The number of hydrogen-bond donors (Lipinski definition) is 2. The Morgan fingerprint density at radius 2 is 1.78 bits per heavy atom. The van der Waals surface area contributed by atoms with Gasteiger partial charge in [-0.05, 0) is 55.5 Å². The molecule has 1 saturated heterocycles. The molecule has 168 valence electrons. The van der Waals surface area contributed by atoms with E-state index in [0.717, 1.165) is 37.9 Å². The maximum absolute atomic E-state index is 14.8. The molecule has 3 aromatic rings. The lowest BCUT2D eigenvalue weighted by atomic mass is 9.92. The zero-order valence-electron chi connectivity index (χ0n) is 18.3. The van der Waals surface area contributed by atoms with E-state index in [2.05, 4.69) is 34.5 Å². The Morgan fingerprint density at radius 1 is 1.03 bits per heavy atom. The van der Waals surface area contributed by atoms with Crippen molar-refractivity contribution in [2.75, 3.05) is 18.0 Å². The molecule has 5 rings (SSSR count). The number of amides is 1. The van der Waals surface area contributed by atoms with Crippen molar-refractivity contribution in [1.82, 2.24) is 9.88 Å². The lowest BCUT2D eigenvalue weighted by Gasteiger charge is -2.28. The number of halogens is 1. The van der Waals surface area contributed by atoms with Crippen LogP contribution in [0.15, 0.2) is 48.7 Å². The number of carbonyl (C=O) groups is 1. The molecule has 1 aliphatic carbocycles. The maximum atomic E-state index is 14.8. The fourth-order valence-corrected chi connectivity index (χ4v) is 5.12. The van der Waals surface area contributed by atoms with Gasteiger partial charge in [0.05, 0.1) is 23.2 Å². The highest BCUT2D eigenvalue weighted by atomic mass is 19.1. The van der Waals surface area contributed by atoms with Crippen LogP contribution < -0.4 is 10.2 Å². The summed E-state index contributed by atoms with van der Waals surface area (Å²) in [6.45, 7) is 2.77. The third-order valence-electron chi connectivity index (χ3n) is 6.91. The minimum absolute atomic E-state index is 0.278. The topological polar surface area (TPSA) is 57.5 Å². The minimum atomic E-state index is -0.542. The molecule has 1 aliphatic heterocycles. The smallest absolute Gasteiger partial charge is 0.253 e. The molecule has 0 radical (unpaired) electrons. The van der Waals surface area contributed by atoms with E-state index in [0.29, 0.717) is 29.4 Å². The van der Waals surface area contributed by atoms with E-state index in [-0.39, 0.29) is 11.9 Å². The molecule has 5 nitrogen and oxygen atoms in total. The Balaban J connectivity index is 1.41. The molecule has 1 amide bonds. The van der Waals surface area contributed by atoms with Gasteiger partial charge in [0.25, 0.3) is 5.91 Å². The zero-order chi connectivity index (χ0) is 22.1. The number of nitrogens with zero attached hydrogens (tertiary/aromatic N) is 2. The van der Waals surface area contributed by atoms with Gasteiger partial charge in [-0.25, -0.2) is 4.39 Å². The standard InChI is InChI=1S/C26H30FN3O2/c27-21-6-5-8-23-25(21)20(26(32)28-22-7-1-2-9-24(22)31)17-30(23)16-18-10-12-19(13-11-18)29-14-3-4-15-29/h5-6,8,10-13,17,22,24,31H,1-4,7,9,14-16H2,(H,28,32)/t22-,24-/m0/s1. The van der Waals surface area contributed by atoms with Gasteiger partial charge in [-0.15, -0.1) is 0 Å². The Labute approximate surface area is 187 Å². The summed E-state index contributed by atoms with van der Waals surface area (Å²) in [7, 11) is 0. The second-order valence-corrected chi connectivity index (χ2v) is 9.10. The molecule has 2 aromatic carbocycles. The molecule has 32 heavy (non-hydrogen) atoms. The first-order chi connectivity index (χ1) is 15.6. The fraction of sp³-hybridized carbons (Fsp3) is 0.423. The van der Waals surface area contributed by atoms with Gasteiger partial charge in [-0.3, -0.25) is 4.79 Å². The van der Waals surface area contributed by atoms with Crippen LogP contribution in [0.1, 0.15) is 54.4 Å². The van der Waals surface area contributed by atoms with E-state index in [4.69, 9.17) is 0 Å². The third-order valence-corrected chi connectivity index (χ3v) is 6.91. The van der Waals surface area contributed by atoms with Crippen LogP contribution in [0.3, 0.4) is 0 Å².